The molecule has 0 spiro atoms. The van der Waals surface area contributed by atoms with Crippen molar-refractivity contribution in [2.45, 2.75) is 77.8 Å². The summed E-state index contributed by atoms with van der Waals surface area (Å²) in [6.45, 7) is 6.59. The molecule has 6 nitrogen and oxygen atoms in total. The molecule has 1 heterocycles. The lowest BCUT2D eigenvalue weighted by molar-refractivity contribution is -0.143. The summed E-state index contributed by atoms with van der Waals surface area (Å²) >= 11 is 6.14. The van der Waals surface area contributed by atoms with Crippen molar-refractivity contribution < 1.29 is 19.5 Å². The van der Waals surface area contributed by atoms with E-state index in [9.17, 15) is 19.5 Å². The molecule has 2 fully saturated rings. The molecule has 0 aromatic heterocycles. The van der Waals surface area contributed by atoms with Gasteiger partial charge in [-0.2, -0.15) is 0 Å². The van der Waals surface area contributed by atoms with E-state index in [4.69, 9.17) is 11.6 Å². The molecule has 0 unspecified atom stereocenters. The molecular formula is C31H39ClN2O4. The van der Waals surface area contributed by atoms with Crippen molar-refractivity contribution in [3.63, 3.8) is 0 Å². The Hall–Kier alpha value is -2.70. The molecule has 2 aromatic carbocycles. The summed E-state index contributed by atoms with van der Waals surface area (Å²) in [6, 6.07) is 14.9. The monoisotopic (exact) mass is 538 g/mol. The summed E-state index contributed by atoms with van der Waals surface area (Å²) in [5, 5.41) is 10.1. The van der Waals surface area contributed by atoms with Gasteiger partial charge in [0, 0.05) is 43.5 Å². The van der Waals surface area contributed by atoms with E-state index in [2.05, 4.69) is 49.1 Å². The van der Waals surface area contributed by atoms with E-state index in [1.54, 1.807) is 0 Å². The minimum Gasteiger partial charge on any atom is -0.481 e. The molecule has 204 valence electrons. The van der Waals surface area contributed by atoms with Gasteiger partial charge in [-0.3, -0.25) is 24.2 Å². The number of likely N-dealkylation sites (tertiary alicyclic amines) is 1. The zero-order chi connectivity index (χ0) is 27.2. The number of carboxylic acid groups (broad SMARTS) is 1. The Bertz CT molecular complexity index is 1130. The SMILES string of the molecule is Cc1cc(CN(CC2CCC(C(=O)O)CC2)[C@@H](C)c2ccc(Cl)cc2)ccc1CCCN1C(=O)CCC1=O. The third-order valence-electron chi connectivity index (χ3n) is 8.36. The Morgan fingerprint density at radius 3 is 2.32 bits per heavy atom. The number of nitrogens with zero attached hydrogens (tertiary/aromatic N) is 2. The number of halogens is 1. The zero-order valence-electron chi connectivity index (χ0n) is 22.5. The first-order valence-electron chi connectivity index (χ1n) is 13.8. The van der Waals surface area contributed by atoms with Gasteiger partial charge in [0.1, 0.15) is 0 Å². The van der Waals surface area contributed by atoms with E-state index in [0.717, 1.165) is 56.6 Å². The third-order valence-corrected chi connectivity index (χ3v) is 8.62. The van der Waals surface area contributed by atoms with Crippen LogP contribution in [0.2, 0.25) is 5.02 Å². The second-order valence-electron chi connectivity index (χ2n) is 11.0. The number of carbonyl (C=O) groups is 3. The van der Waals surface area contributed by atoms with Crippen LogP contribution >= 0.6 is 11.6 Å². The molecule has 2 aromatic rings. The van der Waals surface area contributed by atoms with E-state index in [-0.39, 0.29) is 23.8 Å². The normalized spacial score (nSPS) is 20.8. The van der Waals surface area contributed by atoms with Crippen molar-refractivity contribution in [3.8, 4) is 0 Å². The fraction of sp³-hybridized carbons (Fsp3) is 0.516. The van der Waals surface area contributed by atoms with Crippen molar-refractivity contribution in [3.05, 3.63) is 69.7 Å². The number of aliphatic carboxylic acids is 1. The minimum atomic E-state index is -0.663. The summed E-state index contributed by atoms with van der Waals surface area (Å²) in [6.07, 6.45) is 5.70. The van der Waals surface area contributed by atoms with Gasteiger partial charge in [-0.1, -0.05) is 41.9 Å². The number of hydrogen-bond acceptors (Lipinski definition) is 4. The lowest BCUT2D eigenvalue weighted by Gasteiger charge is -2.35. The van der Waals surface area contributed by atoms with Gasteiger partial charge >= 0.3 is 5.97 Å². The van der Waals surface area contributed by atoms with Gasteiger partial charge in [-0.25, -0.2) is 0 Å². The van der Waals surface area contributed by atoms with Gasteiger partial charge in [0.2, 0.25) is 11.8 Å². The molecule has 7 heteroatoms. The standard InChI is InChI=1S/C31H39ClN2O4/c1-21-18-24(7-8-25(21)4-3-17-34-29(35)15-16-30(34)36)20-33(22(2)26-11-13-28(32)14-12-26)19-23-5-9-27(10-6-23)31(37)38/h7-8,11-14,18,22-23,27H,3-6,9-10,15-17,19-20H2,1-2H3,(H,37,38)/t22-,23?,27?/m0/s1. The summed E-state index contributed by atoms with van der Waals surface area (Å²) in [5.41, 5.74) is 4.93. The Labute approximate surface area is 231 Å². The molecule has 1 atom stereocenters. The van der Waals surface area contributed by atoms with Gasteiger partial charge in [0.05, 0.1) is 5.92 Å². The maximum Gasteiger partial charge on any atom is 0.306 e. The molecule has 38 heavy (non-hydrogen) atoms. The van der Waals surface area contributed by atoms with Crippen LogP contribution < -0.4 is 0 Å². The topological polar surface area (TPSA) is 77.9 Å². The van der Waals surface area contributed by atoms with Crippen LogP contribution in [0.3, 0.4) is 0 Å². The Morgan fingerprint density at radius 2 is 1.71 bits per heavy atom. The predicted molar refractivity (Wildman–Crippen MR) is 149 cm³/mol. The molecule has 1 saturated heterocycles. The highest BCUT2D eigenvalue weighted by Gasteiger charge is 2.29. The molecular weight excluding hydrogens is 500 g/mol. The third kappa shape index (κ3) is 7.23. The fourth-order valence-corrected chi connectivity index (χ4v) is 6.03. The largest absolute Gasteiger partial charge is 0.481 e. The summed E-state index contributed by atoms with van der Waals surface area (Å²) in [7, 11) is 0. The number of amides is 2. The van der Waals surface area contributed by atoms with Crippen molar-refractivity contribution in [2.24, 2.45) is 11.8 Å². The van der Waals surface area contributed by atoms with E-state index in [1.807, 2.05) is 12.1 Å². The second kappa shape index (κ2) is 12.9. The maximum atomic E-state index is 11.9. The van der Waals surface area contributed by atoms with Gasteiger partial charge in [-0.05, 0) is 92.7 Å². The molecule has 4 rings (SSSR count). The van der Waals surface area contributed by atoms with Crippen molar-refractivity contribution in [1.82, 2.24) is 9.80 Å². The fourth-order valence-electron chi connectivity index (χ4n) is 5.91. The smallest absolute Gasteiger partial charge is 0.306 e. The minimum absolute atomic E-state index is 0.0478. The molecule has 1 N–H and O–H groups in total. The molecule has 2 amide bonds. The molecule has 1 saturated carbocycles. The highest BCUT2D eigenvalue weighted by Crippen LogP contribution is 2.33. The highest BCUT2D eigenvalue weighted by molar-refractivity contribution is 6.30. The number of rotatable bonds is 11. The van der Waals surface area contributed by atoms with Crippen LogP contribution in [0.4, 0.5) is 0 Å². The maximum absolute atomic E-state index is 11.9. The number of imide groups is 1. The van der Waals surface area contributed by atoms with Crippen LogP contribution in [0.1, 0.15) is 80.2 Å². The first-order valence-corrected chi connectivity index (χ1v) is 14.2. The van der Waals surface area contributed by atoms with E-state index >= 15 is 0 Å². The zero-order valence-corrected chi connectivity index (χ0v) is 23.3. The molecule has 1 aliphatic carbocycles. The van der Waals surface area contributed by atoms with Crippen LogP contribution in [-0.4, -0.2) is 45.8 Å². The van der Waals surface area contributed by atoms with Gasteiger partial charge in [-0.15, -0.1) is 0 Å². The Kier molecular flexibility index (Phi) is 9.61. The first-order chi connectivity index (χ1) is 18.2. The molecule has 0 radical (unpaired) electrons. The summed E-state index contributed by atoms with van der Waals surface area (Å²) in [5.74, 6) is -0.479. The predicted octanol–water partition coefficient (Wildman–Crippen LogP) is 6.18. The van der Waals surface area contributed by atoms with Crippen molar-refractivity contribution >= 4 is 29.4 Å². The first kappa shape index (κ1) is 28.3. The van der Waals surface area contributed by atoms with Crippen molar-refractivity contribution in [1.29, 1.82) is 0 Å². The second-order valence-corrected chi connectivity index (χ2v) is 11.5. The van der Waals surface area contributed by atoms with Gasteiger partial charge < -0.3 is 5.11 Å². The molecule has 0 bridgehead atoms. The van der Waals surface area contributed by atoms with Crippen LogP contribution in [-0.2, 0) is 27.3 Å². The van der Waals surface area contributed by atoms with E-state index < -0.39 is 5.97 Å². The van der Waals surface area contributed by atoms with Gasteiger partial charge in [0.15, 0.2) is 0 Å². The number of carbonyl (C=O) groups excluding carboxylic acids is 2. The number of aryl methyl sites for hydroxylation is 2. The van der Waals surface area contributed by atoms with Crippen LogP contribution in [0.25, 0.3) is 0 Å². The number of benzene rings is 2. The molecule has 2 aliphatic rings. The lowest BCUT2D eigenvalue weighted by atomic mass is 9.81. The number of carboxylic acids is 1. The van der Waals surface area contributed by atoms with E-state index in [1.165, 1.54) is 27.2 Å². The number of hydrogen-bond donors (Lipinski definition) is 1. The highest BCUT2D eigenvalue weighted by atomic mass is 35.5. The Morgan fingerprint density at radius 1 is 1.05 bits per heavy atom. The van der Waals surface area contributed by atoms with Crippen LogP contribution in [0.5, 0.6) is 0 Å². The average molecular weight is 539 g/mol. The van der Waals surface area contributed by atoms with E-state index in [0.29, 0.717) is 25.3 Å². The Balaban J connectivity index is 1.42. The summed E-state index contributed by atoms with van der Waals surface area (Å²) < 4.78 is 0. The van der Waals surface area contributed by atoms with Gasteiger partial charge in [0.25, 0.3) is 0 Å². The van der Waals surface area contributed by atoms with Crippen LogP contribution in [0, 0.1) is 18.8 Å². The lowest BCUT2D eigenvalue weighted by Crippen LogP contribution is -2.34. The van der Waals surface area contributed by atoms with Crippen molar-refractivity contribution in [2.75, 3.05) is 13.1 Å². The quantitative estimate of drug-likeness (QED) is 0.345. The van der Waals surface area contributed by atoms with Crippen LogP contribution in [0.15, 0.2) is 42.5 Å². The average Bonchev–Trinajstić information content (AvgIpc) is 3.22. The molecule has 1 aliphatic heterocycles. The summed E-state index contributed by atoms with van der Waals surface area (Å²) in [4.78, 5) is 39.1.